The maximum Gasteiger partial charge on any atom is 0.159 e. The molecule has 0 aromatic heterocycles. The number of aryl methyl sites for hydroxylation is 2. The van der Waals surface area contributed by atoms with Crippen LogP contribution in [0.25, 0.3) is 5.57 Å². The molecule has 2 aliphatic carbocycles. The molecule has 0 saturated heterocycles. The van der Waals surface area contributed by atoms with Gasteiger partial charge in [-0.3, -0.25) is 4.79 Å². The molecule has 2 aromatic rings. The highest BCUT2D eigenvalue weighted by atomic mass is 16.1. The van der Waals surface area contributed by atoms with E-state index in [1.54, 1.807) is 12.5 Å². The lowest BCUT2D eigenvalue weighted by atomic mass is 9.75. The predicted octanol–water partition coefficient (Wildman–Crippen LogP) is 7.16. The minimum atomic E-state index is 0.162. The molecule has 1 saturated carbocycles. The Kier molecular flexibility index (Phi) is 5.53. The summed E-state index contributed by atoms with van der Waals surface area (Å²) in [6.45, 7) is 6.25. The normalized spacial score (nSPS) is 22.5. The Morgan fingerprint density at radius 1 is 0.964 bits per heavy atom. The van der Waals surface area contributed by atoms with Crippen molar-refractivity contribution >= 4 is 11.4 Å². The Balaban J connectivity index is 1.89. The van der Waals surface area contributed by atoms with E-state index in [1.165, 1.54) is 66.4 Å². The lowest BCUT2D eigenvalue weighted by Crippen LogP contribution is -2.15. The van der Waals surface area contributed by atoms with Crippen LogP contribution in [0.3, 0.4) is 0 Å². The van der Waals surface area contributed by atoms with Gasteiger partial charge in [0.05, 0.1) is 0 Å². The molecule has 0 aliphatic heterocycles. The van der Waals surface area contributed by atoms with Crippen LogP contribution in [-0.4, -0.2) is 5.78 Å². The van der Waals surface area contributed by atoms with E-state index in [0.717, 1.165) is 17.9 Å². The van der Waals surface area contributed by atoms with E-state index in [0.29, 0.717) is 5.92 Å². The lowest BCUT2D eigenvalue weighted by Gasteiger charge is -2.30. The molecule has 0 heterocycles. The summed E-state index contributed by atoms with van der Waals surface area (Å²) < 4.78 is 0. The van der Waals surface area contributed by atoms with Gasteiger partial charge in [-0.1, -0.05) is 67.3 Å². The molecule has 0 unspecified atom stereocenters. The third-order valence-electron chi connectivity index (χ3n) is 6.81. The second-order valence-electron chi connectivity index (χ2n) is 9.01. The Morgan fingerprint density at radius 3 is 2.46 bits per heavy atom. The number of Topliss-reactive ketones (excluding diaryl/α,β-unsaturated/α-hetero) is 1. The van der Waals surface area contributed by atoms with Crippen LogP contribution in [0.2, 0.25) is 0 Å². The first-order chi connectivity index (χ1) is 13.5. The molecule has 0 atom stereocenters. The SMILES string of the molecule is CC(=O)c1ccc2c(c1)CCCC(C1CCC(C)CC1)=C2c1cccc(C)c1. The first-order valence-electron chi connectivity index (χ1n) is 11.0. The lowest BCUT2D eigenvalue weighted by molar-refractivity contribution is 0.101. The van der Waals surface area contributed by atoms with E-state index in [4.69, 9.17) is 0 Å². The Morgan fingerprint density at radius 2 is 1.75 bits per heavy atom. The van der Waals surface area contributed by atoms with Crippen LogP contribution in [-0.2, 0) is 6.42 Å². The van der Waals surface area contributed by atoms with Gasteiger partial charge in [-0.25, -0.2) is 0 Å². The van der Waals surface area contributed by atoms with Gasteiger partial charge in [0.1, 0.15) is 0 Å². The molecule has 0 bridgehead atoms. The summed E-state index contributed by atoms with van der Waals surface area (Å²) in [5.41, 5.74) is 9.36. The van der Waals surface area contributed by atoms with Gasteiger partial charge in [-0.2, -0.15) is 0 Å². The number of carbonyl (C=O) groups excluding carboxylic acids is 1. The van der Waals surface area contributed by atoms with Crippen molar-refractivity contribution in [3.63, 3.8) is 0 Å². The summed E-state index contributed by atoms with van der Waals surface area (Å²) in [6.07, 6.45) is 8.80. The van der Waals surface area contributed by atoms with Crippen LogP contribution < -0.4 is 0 Å². The van der Waals surface area contributed by atoms with Crippen molar-refractivity contribution in [3.8, 4) is 0 Å². The number of allylic oxidation sites excluding steroid dienone is 1. The zero-order valence-corrected chi connectivity index (χ0v) is 17.6. The van der Waals surface area contributed by atoms with Crippen molar-refractivity contribution in [2.75, 3.05) is 0 Å². The fraction of sp³-hybridized carbons (Fsp3) is 0.444. The Hall–Kier alpha value is -2.15. The molecule has 4 rings (SSSR count). The van der Waals surface area contributed by atoms with Crippen molar-refractivity contribution in [2.24, 2.45) is 11.8 Å². The van der Waals surface area contributed by atoms with Crippen LogP contribution in [0.15, 0.2) is 48.0 Å². The third-order valence-corrected chi connectivity index (χ3v) is 6.81. The number of ketones is 1. The molecule has 1 nitrogen and oxygen atoms in total. The van der Waals surface area contributed by atoms with Crippen LogP contribution >= 0.6 is 0 Å². The topological polar surface area (TPSA) is 17.1 Å². The Bertz CT molecular complexity index is 910. The Labute approximate surface area is 169 Å². The average Bonchev–Trinajstić information content (AvgIpc) is 2.87. The van der Waals surface area contributed by atoms with Crippen molar-refractivity contribution < 1.29 is 4.79 Å². The smallest absolute Gasteiger partial charge is 0.159 e. The number of hydrogen-bond donors (Lipinski definition) is 0. The molecule has 146 valence electrons. The molecule has 2 aliphatic rings. The second-order valence-corrected chi connectivity index (χ2v) is 9.01. The minimum absolute atomic E-state index is 0.162. The monoisotopic (exact) mass is 372 g/mol. The molecule has 0 radical (unpaired) electrons. The zero-order valence-electron chi connectivity index (χ0n) is 17.6. The largest absolute Gasteiger partial charge is 0.295 e. The van der Waals surface area contributed by atoms with Gasteiger partial charge in [-0.05, 0) is 86.1 Å². The molecular weight excluding hydrogens is 340 g/mol. The van der Waals surface area contributed by atoms with E-state index < -0.39 is 0 Å². The van der Waals surface area contributed by atoms with Crippen molar-refractivity contribution in [1.29, 1.82) is 0 Å². The van der Waals surface area contributed by atoms with Gasteiger partial charge in [-0.15, -0.1) is 0 Å². The highest BCUT2D eigenvalue weighted by Crippen LogP contribution is 2.43. The van der Waals surface area contributed by atoms with Gasteiger partial charge in [0.2, 0.25) is 0 Å². The van der Waals surface area contributed by atoms with Gasteiger partial charge >= 0.3 is 0 Å². The van der Waals surface area contributed by atoms with E-state index in [2.05, 4.69) is 50.2 Å². The maximum atomic E-state index is 11.9. The standard InChI is InChI=1S/C27H32O/c1-18-10-12-21(13-11-18)25-9-5-7-23-17-22(20(3)28)14-15-26(23)27(25)24-8-4-6-19(2)16-24/h4,6,8,14-18,21H,5,7,9-13H2,1-3H3. The number of rotatable bonds is 3. The summed E-state index contributed by atoms with van der Waals surface area (Å²) in [5, 5.41) is 0. The van der Waals surface area contributed by atoms with Crippen molar-refractivity contribution in [2.45, 2.75) is 65.7 Å². The minimum Gasteiger partial charge on any atom is -0.295 e. The summed E-state index contributed by atoms with van der Waals surface area (Å²) in [5.74, 6) is 1.75. The van der Waals surface area contributed by atoms with Gasteiger partial charge < -0.3 is 0 Å². The van der Waals surface area contributed by atoms with Gasteiger partial charge in [0, 0.05) is 5.56 Å². The summed E-state index contributed by atoms with van der Waals surface area (Å²) in [7, 11) is 0. The van der Waals surface area contributed by atoms with Gasteiger partial charge in [0.15, 0.2) is 5.78 Å². The number of carbonyl (C=O) groups is 1. The number of benzene rings is 2. The zero-order chi connectivity index (χ0) is 19.7. The van der Waals surface area contributed by atoms with Gasteiger partial charge in [0.25, 0.3) is 0 Å². The molecule has 1 fully saturated rings. The fourth-order valence-electron chi connectivity index (χ4n) is 5.19. The molecule has 1 heteroatoms. The molecule has 28 heavy (non-hydrogen) atoms. The summed E-state index contributed by atoms with van der Waals surface area (Å²) in [4.78, 5) is 11.9. The molecule has 0 N–H and O–H groups in total. The summed E-state index contributed by atoms with van der Waals surface area (Å²) >= 11 is 0. The van der Waals surface area contributed by atoms with Crippen LogP contribution in [0.5, 0.6) is 0 Å². The van der Waals surface area contributed by atoms with E-state index in [9.17, 15) is 4.79 Å². The van der Waals surface area contributed by atoms with E-state index in [1.807, 2.05) is 6.07 Å². The quantitative estimate of drug-likeness (QED) is 0.522. The molecule has 0 spiro atoms. The third kappa shape index (κ3) is 3.85. The first-order valence-corrected chi connectivity index (χ1v) is 11.0. The van der Waals surface area contributed by atoms with E-state index in [-0.39, 0.29) is 5.78 Å². The first kappa shape index (κ1) is 19.2. The highest BCUT2D eigenvalue weighted by molar-refractivity contribution is 5.95. The van der Waals surface area contributed by atoms with Crippen LogP contribution in [0, 0.1) is 18.8 Å². The fourth-order valence-corrected chi connectivity index (χ4v) is 5.19. The second kappa shape index (κ2) is 8.07. The van der Waals surface area contributed by atoms with Crippen molar-refractivity contribution in [3.05, 3.63) is 75.9 Å². The van der Waals surface area contributed by atoms with Crippen molar-refractivity contribution in [1.82, 2.24) is 0 Å². The number of fused-ring (bicyclic) bond motifs is 1. The van der Waals surface area contributed by atoms with Crippen LogP contribution in [0.1, 0.15) is 85.0 Å². The molecule has 2 aromatic carbocycles. The average molecular weight is 373 g/mol. The molecular formula is C27H32O. The molecule has 0 amide bonds. The number of hydrogen-bond acceptors (Lipinski definition) is 1. The highest BCUT2D eigenvalue weighted by Gasteiger charge is 2.27. The van der Waals surface area contributed by atoms with E-state index >= 15 is 0 Å². The van der Waals surface area contributed by atoms with Crippen LogP contribution in [0.4, 0.5) is 0 Å². The predicted molar refractivity (Wildman–Crippen MR) is 118 cm³/mol. The maximum absolute atomic E-state index is 11.9. The summed E-state index contributed by atoms with van der Waals surface area (Å²) in [6, 6.07) is 15.4.